The zero-order chi connectivity index (χ0) is 15.4. The number of amides is 2. The average molecular weight is 285 g/mol. The number of nitrogens with zero attached hydrogens (tertiary/aromatic N) is 1. The Kier molecular flexibility index (Phi) is 4.18. The Morgan fingerprint density at radius 3 is 2.48 bits per heavy atom. The van der Waals surface area contributed by atoms with Gasteiger partial charge in [-0.15, -0.1) is 0 Å². The van der Waals surface area contributed by atoms with Crippen LogP contribution < -0.4 is 10.6 Å². The number of aromatic carboxylic acids is 1. The predicted octanol–water partition coefficient (Wildman–Crippen LogP) is 3.04. The molecule has 108 valence electrons. The molecule has 0 fully saturated rings. The van der Waals surface area contributed by atoms with Gasteiger partial charge in [0, 0.05) is 11.9 Å². The van der Waals surface area contributed by atoms with E-state index in [0.29, 0.717) is 16.9 Å². The second-order valence-electron chi connectivity index (χ2n) is 4.60. The van der Waals surface area contributed by atoms with E-state index in [4.69, 9.17) is 5.11 Å². The molecule has 2 aromatic rings. The number of hydrogen-bond acceptors (Lipinski definition) is 3. The van der Waals surface area contributed by atoms with Gasteiger partial charge in [-0.2, -0.15) is 0 Å². The van der Waals surface area contributed by atoms with E-state index >= 15 is 0 Å². The largest absolute Gasteiger partial charge is 0.478 e. The van der Waals surface area contributed by atoms with E-state index in [1.807, 2.05) is 6.92 Å². The molecule has 6 heteroatoms. The Balaban J connectivity index is 2.08. The zero-order valence-corrected chi connectivity index (χ0v) is 11.7. The van der Waals surface area contributed by atoms with Gasteiger partial charge in [-0.25, -0.2) is 9.59 Å². The second kappa shape index (κ2) is 6.04. The fraction of sp³-hybridized carbons (Fsp3) is 0.133. The summed E-state index contributed by atoms with van der Waals surface area (Å²) in [5.74, 6) is -0.991. The van der Waals surface area contributed by atoms with Crippen molar-refractivity contribution in [3.05, 3.63) is 53.3 Å². The SMILES string of the molecule is Cc1ccncc1NC(=O)Nc1ccc(C(=O)O)c(C)c1. The lowest BCUT2D eigenvalue weighted by Gasteiger charge is -2.10. The highest BCUT2D eigenvalue weighted by molar-refractivity contribution is 6.00. The minimum atomic E-state index is -0.991. The number of carboxylic acids is 1. The van der Waals surface area contributed by atoms with E-state index < -0.39 is 12.0 Å². The molecule has 0 aliphatic heterocycles. The number of benzene rings is 1. The van der Waals surface area contributed by atoms with Crippen molar-refractivity contribution in [2.24, 2.45) is 0 Å². The maximum Gasteiger partial charge on any atom is 0.335 e. The van der Waals surface area contributed by atoms with Crippen molar-refractivity contribution in [1.29, 1.82) is 0 Å². The average Bonchev–Trinajstić information content (AvgIpc) is 2.41. The quantitative estimate of drug-likeness (QED) is 0.808. The lowest BCUT2D eigenvalue weighted by Crippen LogP contribution is -2.20. The van der Waals surface area contributed by atoms with Crippen LogP contribution in [-0.4, -0.2) is 22.1 Å². The molecule has 0 aliphatic carbocycles. The first-order valence-electron chi connectivity index (χ1n) is 6.30. The first-order valence-corrected chi connectivity index (χ1v) is 6.30. The Morgan fingerprint density at radius 1 is 1.10 bits per heavy atom. The summed E-state index contributed by atoms with van der Waals surface area (Å²) in [4.78, 5) is 26.8. The Labute approximate surface area is 121 Å². The summed E-state index contributed by atoms with van der Waals surface area (Å²) in [6, 6.07) is 6.00. The summed E-state index contributed by atoms with van der Waals surface area (Å²) in [7, 11) is 0. The van der Waals surface area contributed by atoms with Crippen molar-refractivity contribution in [3.8, 4) is 0 Å². The van der Waals surface area contributed by atoms with E-state index in [1.165, 1.54) is 6.07 Å². The van der Waals surface area contributed by atoms with Gasteiger partial charge in [-0.1, -0.05) is 0 Å². The molecule has 0 unspecified atom stereocenters. The van der Waals surface area contributed by atoms with Gasteiger partial charge in [0.1, 0.15) is 0 Å². The molecule has 6 nitrogen and oxygen atoms in total. The fourth-order valence-electron chi connectivity index (χ4n) is 1.86. The minimum absolute atomic E-state index is 0.212. The molecule has 0 spiro atoms. The highest BCUT2D eigenvalue weighted by Gasteiger charge is 2.09. The monoisotopic (exact) mass is 285 g/mol. The van der Waals surface area contributed by atoms with Gasteiger partial charge in [0.15, 0.2) is 0 Å². The van der Waals surface area contributed by atoms with Crippen LogP contribution in [0.1, 0.15) is 21.5 Å². The first kappa shape index (κ1) is 14.5. The molecule has 0 saturated carbocycles. The van der Waals surface area contributed by atoms with Gasteiger partial charge in [0.25, 0.3) is 0 Å². The fourth-order valence-corrected chi connectivity index (χ4v) is 1.86. The summed E-state index contributed by atoms with van der Waals surface area (Å²) < 4.78 is 0. The van der Waals surface area contributed by atoms with E-state index in [0.717, 1.165) is 5.56 Å². The molecule has 2 rings (SSSR count). The molecule has 0 atom stereocenters. The Morgan fingerprint density at radius 2 is 1.86 bits per heavy atom. The van der Waals surface area contributed by atoms with Gasteiger partial charge in [0.05, 0.1) is 17.4 Å². The number of rotatable bonds is 3. The van der Waals surface area contributed by atoms with Gasteiger partial charge in [-0.05, 0) is 49.2 Å². The van der Waals surface area contributed by atoms with Crippen LogP contribution in [0.3, 0.4) is 0 Å². The summed E-state index contributed by atoms with van der Waals surface area (Å²) in [5.41, 5.74) is 2.84. The smallest absolute Gasteiger partial charge is 0.335 e. The third kappa shape index (κ3) is 3.56. The normalized spacial score (nSPS) is 10.0. The van der Waals surface area contributed by atoms with Crippen LogP contribution in [0.25, 0.3) is 0 Å². The Hall–Kier alpha value is -2.89. The maximum absolute atomic E-state index is 11.9. The number of carbonyl (C=O) groups excluding carboxylic acids is 1. The molecule has 0 aliphatic rings. The molecule has 2 amide bonds. The van der Waals surface area contributed by atoms with Crippen LogP contribution in [0.2, 0.25) is 0 Å². The maximum atomic E-state index is 11.9. The van der Waals surface area contributed by atoms with Gasteiger partial charge in [-0.3, -0.25) is 4.98 Å². The lowest BCUT2D eigenvalue weighted by molar-refractivity contribution is 0.0696. The molecular weight excluding hydrogens is 270 g/mol. The molecule has 21 heavy (non-hydrogen) atoms. The van der Waals surface area contributed by atoms with Crippen LogP contribution >= 0.6 is 0 Å². The number of carbonyl (C=O) groups is 2. The number of nitrogens with one attached hydrogen (secondary N) is 2. The zero-order valence-electron chi connectivity index (χ0n) is 11.7. The minimum Gasteiger partial charge on any atom is -0.478 e. The number of hydrogen-bond donors (Lipinski definition) is 3. The molecule has 1 aromatic carbocycles. The van der Waals surface area contributed by atoms with E-state index in [9.17, 15) is 9.59 Å². The molecule has 0 saturated heterocycles. The third-order valence-electron chi connectivity index (χ3n) is 3.00. The number of anilines is 2. The topological polar surface area (TPSA) is 91.3 Å². The molecule has 0 radical (unpaired) electrons. The van der Waals surface area contributed by atoms with Crippen molar-refractivity contribution in [2.45, 2.75) is 13.8 Å². The molecule has 1 heterocycles. The number of aryl methyl sites for hydroxylation is 2. The summed E-state index contributed by atoms with van der Waals surface area (Å²) in [6.07, 6.45) is 3.21. The summed E-state index contributed by atoms with van der Waals surface area (Å²) >= 11 is 0. The number of carboxylic acid groups (broad SMARTS) is 1. The molecule has 3 N–H and O–H groups in total. The Bertz CT molecular complexity index is 698. The van der Waals surface area contributed by atoms with Gasteiger partial charge < -0.3 is 15.7 Å². The van der Waals surface area contributed by atoms with Crippen molar-refractivity contribution < 1.29 is 14.7 Å². The van der Waals surface area contributed by atoms with Gasteiger partial charge in [0.2, 0.25) is 0 Å². The van der Waals surface area contributed by atoms with Crippen LogP contribution in [-0.2, 0) is 0 Å². The van der Waals surface area contributed by atoms with E-state index in [1.54, 1.807) is 37.5 Å². The first-order chi connectivity index (χ1) is 9.97. The van der Waals surface area contributed by atoms with Crippen LogP contribution in [0, 0.1) is 13.8 Å². The standard InChI is InChI=1S/C15H15N3O3/c1-9-5-6-16-8-13(9)18-15(21)17-11-3-4-12(14(19)20)10(2)7-11/h3-8H,1-2H3,(H,19,20)(H2,17,18,21). The highest BCUT2D eigenvalue weighted by atomic mass is 16.4. The van der Waals surface area contributed by atoms with Crippen LogP contribution in [0.5, 0.6) is 0 Å². The number of urea groups is 1. The second-order valence-corrected chi connectivity index (χ2v) is 4.60. The van der Waals surface area contributed by atoms with Gasteiger partial charge >= 0.3 is 12.0 Å². The third-order valence-corrected chi connectivity index (χ3v) is 3.00. The van der Waals surface area contributed by atoms with Crippen LogP contribution in [0.15, 0.2) is 36.7 Å². The molecule has 0 bridgehead atoms. The summed E-state index contributed by atoms with van der Waals surface area (Å²) in [6.45, 7) is 3.54. The molecule has 1 aromatic heterocycles. The highest BCUT2D eigenvalue weighted by Crippen LogP contribution is 2.16. The predicted molar refractivity (Wildman–Crippen MR) is 79.8 cm³/mol. The van der Waals surface area contributed by atoms with Crippen molar-refractivity contribution in [1.82, 2.24) is 4.98 Å². The van der Waals surface area contributed by atoms with E-state index in [-0.39, 0.29) is 5.56 Å². The lowest BCUT2D eigenvalue weighted by atomic mass is 10.1. The number of pyridine rings is 1. The summed E-state index contributed by atoms with van der Waals surface area (Å²) in [5, 5.41) is 14.3. The van der Waals surface area contributed by atoms with Crippen LogP contribution in [0.4, 0.5) is 16.2 Å². The van der Waals surface area contributed by atoms with Crippen molar-refractivity contribution in [2.75, 3.05) is 10.6 Å². The number of aromatic nitrogens is 1. The molecular formula is C15H15N3O3. The van der Waals surface area contributed by atoms with Crippen molar-refractivity contribution in [3.63, 3.8) is 0 Å². The van der Waals surface area contributed by atoms with Crippen molar-refractivity contribution >= 4 is 23.4 Å². The van der Waals surface area contributed by atoms with E-state index in [2.05, 4.69) is 15.6 Å².